The molecule has 0 bridgehead atoms. The van der Waals surface area contributed by atoms with E-state index >= 15 is 0 Å². The van der Waals surface area contributed by atoms with Crippen LogP contribution in [0.1, 0.15) is 12.6 Å². The first-order chi connectivity index (χ1) is 11.7. The van der Waals surface area contributed by atoms with Gasteiger partial charge in [-0.3, -0.25) is 14.2 Å². The van der Waals surface area contributed by atoms with Crippen LogP contribution in [0.4, 0.5) is 5.82 Å². The first-order valence-corrected chi connectivity index (χ1v) is 7.24. The van der Waals surface area contributed by atoms with Gasteiger partial charge in [-0.25, -0.2) is 4.79 Å². The van der Waals surface area contributed by atoms with Crippen LogP contribution in [0.3, 0.4) is 0 Å². The molecule has 1 amide bonds. The maximum absolute atomic E-state index is 12.0. The number of nitrogens with zero attached hydrogens (tertiary/aromatic N) is 2. The molecule has 1 aromatic heterocycles. The second kappa shape index (κ2) is 7.67. The molecule has 1 saturated heterocycles. The maximum atomic E-state index is 12.0. The van der Waals surface area contributed by atoms with Crippen molar-refractivity contribution in [2.75, 3.05) is 11.9 Å². The van der Waals surface area contributed by atoms with Gasteiger partial charge in [0.25, 0.3) is 0 Å². The highest BCUT2D eigenvalue weighted by molar-refractivity contribution is 5.93. The summed E-state index contributed by atoms with van der Waals surface area (Å²) >= 11 is 0. The van der Waals surface area contributed by atoms with E-state index in [1.807, 2.05) is 0 Å². The molecule has 2 heterocycles. The van der Waals surface area contributed by atoms with E-state index in [1.54, 1.807) is 0 Å². The molecule has 7 N–H and O–H groups in total. The molecule has 0 aromatic carbocycles. The molecule has 0 spiro atoms. The summed E-state index contributed by atoms with van der Waals surface area (Å²) in [5, 5.41) is 39.5. The van der Waals surface area contributed by atoms with Gasteiger partial charge in [0.15, 0.2) is 6.23 Å². The standard InChI is InChI=1S/C13H18N4O8/c14-5(12(22)23)3-8(19)15-7-1-2-17(13(24)16-7)11-10(21)9(20)6(4-18)25-11/h1-2,5-6,9-11,18,20-21H,3-4,14H2,(H,22,23)(H,15,16,19,24)/t5-,6+,9?,10?,11+/m0/s1. The number of ether oxygens (including phenoxy) is 1. The fraction of sp³-hybridized carbons (Fsp3) is 0.538. The zero-order chi connectivity index (χ0) is 18.7. The monoisotopic (exact) mass is 358 g/mol. The van der Waals surface area contributed by atoms with E-state index in [1.165, 1.54) is 12.3 Å². The number of carboxylic acids is 1. The van der Waals surface area contributed by atoms with Crippen LogP contribution >= 0.6 is 0 Å². The summed E-state index contributed by atoms with van der Waals surface area (Å²) in [6, 6.07) is -0.167. The highest BCUT2D eigenvalue weighted by Crippen LogP contribution is 2.28. The number of nitrogens with one attached hydrogen (secondary N) is 1. The molecule has 0 aliphatic carbocycles. The van der Waals surface area contributed by atoms with Crippen molar-refractivity contribution in [2.24, 2.45) is 5.73 Å². The Morgan fingerprint density at radius 3 is 2.60 bits per heavy atom. The van der Waals surface area contributed by atoms with Crippen molar-refractivity contribution in [3.05, 3.63) is 22.7 Å². The van der Waals surface area contributed by atoms with Crippen molar-refractivity contribution < 1.29 is 34.8 Å². The zero-order valence-electron chi connectivity index (χ0n) is 12.8. The lowest BCUT2D eigenvalue weighted by atomic mass is 10.1. The van der Waals surface area contributed by atoms with E-state index < -0.39 is 61.2 Å². The van der Waals surface area contributed by atoms with Gasteiger partial charge in [0, 0.05) is 6.20 Å². The first kappa shape index (κ1) is 19.0. The third-order valence-corrected chi connectivity index (χ3v) is 3.61. The van der Waals surface area contributed by atoms with Crippen molar-refractivity contribution in [2.45, 2.75) is 37.0 Å². The summed E-state index contributed by atoms with van der Waals surface area (Å²) in [6.45, 7) is -0.547. The lowest BCUT2D eigenvalue weighted by Gasteiger charge is -2.17. The lowest BCUT2D eigenvalue weighted by Crippen LogP contribution is -2.36. The second-order valence-corrected chi connectivity index (χ2v) is 5.43. The van der Waals surface area contributed by atoms with Gasteiger partial charge in [0.1, 0.15) is 30.2 Å². The Bertz CT molecular complexity index is 708. The predicted octanol–water partition coefficient (Wildman–Crippen LogP) is -3.40. The highest BCUT2D eigenvalue weighted by atomic mass is 16.6. The van der Waals surface area contributed by atoms with Gasteiger partial charge in [-0.15, -0.1) is 0 Å². The molecule has 2 rings (SSSR count). The van der Waals surface area contributed by atoms with Crippen LogP contribution in [0, 0.1) is 0 Å². The molecule has 12 nitrogen and oxygen atoms in total. The van der Waals surface area contributed by atoms with E-state index in [0.29, 0.717) is 0 Å². The molecule has 1 fully saturated rings. The van der Waals surface area contributed by atoms with Gasteiger partial charge in [0.05, 0.1) is 13.0 Å². The molecule has 1 aromatic rings. The van der Waals surface area contributed by atoms with Gasteiger partial charge in [0.2, 0.25) is 5.91 Å². The van der Waals surface area contributed by atoms with Gasteiger partial charge < -0.3 is 36.2 Å². The molecular formula is C13H18N4O8. The number of aliphatic hydroxyl groups excluding tert-OH is 3. The number of carbonyl (C=O) groups is 2. The second-order valence-electron chi connectivity index (χ2n) is 5.43. The number of aliphatic hydroxyl groups is 3. The summed E-state index contributed by atoms with van der Waals surface area (Å²) in [5.41, 5.74) is 4.33. The third kappa shape index (κ3) is 4.18. The fourth-order valence-electron chi connectivity index (χ4n) is 2.27. The number of hydrogen-bond acceptors (Lipinski definition) is 9. The molecule has 1 aliphatic rings. The molecule has 0 saturated carbocycles. The number of aromatic nitrogens is 2. The molecular weight excluding hydrogens is 340 g/mol. The maximum Gasteiger partial charge on any atom is 0.351 e. The Morgan fingerprint density at radius 2 is 2.08 bits per heavy atom. The number of carboxylic acid groups (broad SMARTS) is 1. The number of carbonyl (C=O) groups excluding carboxylic acids is 1. The number of anilines is 1. The quantitative estimate of drug-likeness (QED) is 0.298. The van der Waals surface area contributed by atoms with E-state index in [4.69, 9.17) is 20.7 Å². The topological polar surface area (TPSA) is 197 Å². The van der Waals surface area contributed by atoms with Crippen molar-refractivity contribution in [3.8, 4) is 0 Å². The molecule has 25 heavy (non-hydrogen) atoms. The largest absolute Gasteiger partial charge is 0.480 e. The zero-order valence-corrected chi connectivity index (χ0v) is 12.8. The number of rotatable bonds is 6. The van der Waals surface area contributed by atoms with E-state index in [9.17, 15) is 24.6 Å². The number of aliphatic carboxylic acids is 1. The number of nitrogens with two attached hydrogens (primary N) is 1. The van der Waals surface area contributed by atoms with Crippen LogP contribution in [-0.4, -0.2) is 72.8 Å². The van der Waals surface area contributed by atoms with Crippen LogP contribution in [0.25, 0.3) is 0 Å². The van der Waals surface area contributed by atoms with Crippen LogP contribution in [0.5, 0.6) is 0 Å². The molecule has 0 radical (unpaired) electrons. The van der Waals surface area contributed by atoms with Gasteiger partial charge in [-0.1, -0.05) is 0 Å². The van der Waals surface area contributed by atoms with Crippen LogP contribution in [0.2, 0.25) is 0 Å². The van der Waals surface area contributed by atoms with Crippen molar-refractivity contribution in [1.82, 2.24) is 9.55 Å². The minimum absolute atomic E-state index is 0.143. The fourth-order valence-corrected chi connectivity index (χ4v) is 2.27. The molecule has 5 atom stereocenters. The minimum atomic E-state index is -1.45. The number of hydrogen-bond donors (Lipinski definition) is 6. The van der Waals surface area contributed by atoms with Gasteiger partial charge in [-0.2, -0.15) is 4.98 Å². The average Bonchev–Trinajstić information content (AvgIpc) is 2.82. The lowest BCUT2D eigenvalue weighted by molar-refractivity contribution is -0.140. The van der Waals surface area contributed by atoms with E-state index in [0.717, 1.165) is 4.57 Å². The Hall–Kier alpha value is -2.38. The SMILES string of the molecule is N[C@@H](CC(=O)Nc1ccn([C@@H]2O[C@H](CO)C(O)C2O)c(=O)n1)C(=O)O. The highest BCUT2D eigenvalue weighted by Gasteiger charge is 2.43. The van der Waals surface area contributed by atoms with Crippen LogP contribution in [-0.2, 0) is 14.3 Å². The Morgan fingerprint density at radius 1 is 1.40 bits per heavy atom. The smallest absolute Gasteiger partial charge is 0.351 e. The van der Waals surface area contributed by atoms with E-state index in [2.05, 4.69) is 10.3 Å². The summed E-state index contributed by atoms with van der Waals surface area (Å²) in [6.07, 6.45) is -4.47. The average molecular weight is 358 g/mol. The Kier molecular flexibility index (Phi) is 5.81. The van der Waals surface area contributed by atoms with Crippen LogP contribution < -0.4 is 16.7 Å². The van der Waals surface area contributed by atoms with Gasteiger partial charge in [-0.05, 0) is 6.07 Å². The van der Waals surface area contributed by atoms with Gasteiger partial charge >= 0.3 is 11.7 Å². The summed E-state index contributed by atoms with van der Waals surface area (Å²) < 4.78 is 6.10. The normalized spacial score (nSPS) is 27.0. The minimum Gasteiger partial charge on any atom is -0.480 e. The van der Waals surface area contributed by atoms with Crippen LogP contribution in [0.15, 0.2) is 17.1 Å². The Labute approximate surface area is 140 Å². The Balaban J connectivity index is 2.10. The van der Waals surface area contributed by atoms with Crippen molar-refractivity contribution >= 4 is 17.7 Å². The summed E-state index contributed by atoms with van der Waals surface area (Å²) in [4.78, 5) is 37.8. The van der Waals surface area contributed by atoms with Crippen molar-refractivity contribution in [1.29, 1.82) is 0 Å². The number of amides is 1. The van der Waals surface area contributed by atoms with Crippen molar-refractivity contribution in [3.63, 3.8) is 0 Å². The molecule has 1 aliphatic heterocycles. The third-order valence-electron chi connectivity index (χ3n) is 3.61. The molecule has 12 heteroatoms. The molecule has 138 valence electrons. The predicted molar refractivity (Wildman–Crippen MR) is 80.4 cm³/mol. The molecule has 2 unspecified atom stereocenters. The van der Waals surface area contributed by atoms with E-state index in [-0.39, 0.29) is 5.82 Å². The summed E-state index contributed by atoms with van der Waals surface area (Å²) in [5.74, 6) is -2.23. The summed E-state index contributed by atoms with van der Waals surface area (Å²) in [7, 11) is 0. The first-order valence-electron chi connectivity index (χ1n) is 7.24.